The fourth-order valence-electron chi connectivity index (χ4n) is 1.30. The van der Waals surface area contributed by atoms with Crippen LogP contribution in [-0.2, 0) is 6.42 Å². The standard InChI is InChI=1S/C13H21NS/c1-4-12-7-8-13(15-12)6-5-9-14-10-11(2)3/h5-8,11,14H,4,9-10H2,1-3H3. The van der Waals surface area contributed by atoms with Crippen molar-refractivity contribution in [2.24, 2.45) is 5.92 Å². The summed E-state index contributed by atoms with van der Waals surface area (Å²) in [6, 6.07) is 4.41. The van der Waals surface area contributed by atoms with Gasteiger partial charge in [-0.1, -0.05) is 26.8 Å². The van der Waals surface area contributed by atoms with E-state index >= 15 is 0 Å². The van der Waals surface area contributed by atoms with Gasteiger partial charge in [0.25, 0.3) is 0 Å². The predicted molar refractivity (Wildman–Crippen MR) is 70.4 cm³/mol. The Kier molecular flexibility index (Phi) is 5.66. The third kappa shape index (κ3) is 5.14. The van der Waals surface area contributed by atoms with Crippen LogP contribution in [0.4, 0.5) is 0 Å². The van der Waals surface area contributed by atoms with Crippen LogP contribution in [0.5, 0.6) is 0 Å². The smallest absolute Gasteiger partial charge is 0.0270 e. The molecule has 0 spiro atoms. The molecule has 1 N–H and O–H groups in total. The Balaban J connectivity index is 2.25. The van der Waals surface area contributed by atoms with Crippen molar-refractivity contribution in [2.75, 3.05) is 13.1 Å². The Hall–Kier alpha value is -0.600. The molecular formula is C13H21NS. The zero-order valence-electron chi connectivity index (χ0n) is 9.92. The van der Waals surface area contributed by atoms with Crippen molar-refractivity contribution in [3.63, 3.8) is 0 Å². The van der Waals surface area contributed by atoms with Gasteiger partial charge in [0.15, 0.2) is 0 Å². The number of nitrogens with one attached hydrogen (secondary N) is 1. The van der Waals surface area contributed by atoms with Crippen molar-refractivity contribution in [1.29, 1.82) is 0 Å². The average Bonchev–Trinajstić information content (AvgIpc) is 2.65. The second kappa shape index (κ2) is 6.81. The van der Waals surface area contributed by atoms with Gasteiger partial charge in [-0.05, 0) is 37.1 Å². The summed E-state index contributed by atoms with van der Waals surface area (Å²) in [7, 11) is 0. The van der Waals surface area contributed by atoms with Crippen LogP contribution < -0.4 is 5.32 Å². The van der Waals surface area contributed by atoms with Gasteiger partial charge in [-0.25, -0.2) is 0 Å². The molecule has 0 atom stereocenters. The second-order valence-corrected chi connectivity index (χ2v) is 5.31. The fraction of sp³-hybridized carbons (Fsp3) is 0.538. The molecule has 1 rings (SSSR count). The number of thiophene rings is 1. The van der Waals surface area contributed by atoms with Gasteiger partial charge >= 0.3 is 0 Å². The van der Waals surface area contributed by atoms with E-state index in [2.05, 4.69) is 50.4 Å². The summed E-state index contributed by atoms with van der Waals surface area (Å²) in [5.41, 5.74) is 0. The summed E-state index contributed by atoms with van der Waals surface area (Å²) < 4.78 is 0. The molecule has 2 heteroatoms. The SMILES string of the molecule is CCc1ccc(C=CCNCC(C)C)s1. The first-order valence-electron chi connectivity index (χ1n) is 5.68. The molecule has 1 aromatic rings. The minimum atomic E-state index is 0.729. The van der Waals surface area contributed by atoms with Crippen molar-refractivity contribution in [3.05, 3.63) is 28.0 Å². The zero-order valence-corrected chi connectivity index (χ0v) is 10.7. The van der Waals surface area contributed by atoms with Crippen LogP contribution >= 0.6 is 11.3 Å². The molecule has 0 fully saturated rings. The molecule has 0 saturated carbocycles. The monoisotopic (exact) mass is 223 g/mol. The van der Waals surface area contributed by atoms with E-state index in [0.717, 1.165) is 25.4 Å². The van der Waals surface area contributed by atoms with Gasteiger partial charge in [-0.15, -0.1) is 11.3 Å². The lowest BCUT2D eigenvalue weighted by atomic mass is 10.2. The summed E-state index contributed by atoms with van der Waals surface area (Å²) in [6.07, 6.45) is 5.55. The number of hydrogen-bond acceptors (Lipinski definition) is 2. The molecule has 0 aliphatic carbocycles. The van der Waals surface area contributed by atoms with Crippen molar-refractivity contribution >= 4 is 17.4 Å². The Labute approximate surface area is 97.2 Å². The third-order valence-electron chi connectivity index (χ3n) is 2.13. The highest BCUT2D eigenvalue weighted by atomic mass is 32.1. The van der Waals surface area contributed by atoms with Crippen LogP contribution in [0, 0.1) is 5.92 Å². The summed E-state index contributed by atoms with van der Waals surface area (Å²) in [5, 5.41) is 3.39. The predicted octanol–water partition coefficient (Wildman–Crippen LogP) is 3.57. The van der Waals surface area contributed by atoms with E-state index in [1.54, 1.807) is 0 Å². The van der Waals surface area contributed by atoms with Crippen molar-refractivity contribution in [1.82, 2.24) is 5.32 Å². The van der Waals surface area contributed by atoms with E-state index in [4.69, 9.17) is 0 Å². The quantitative estimate of drug-likeness (QED) is 0.727. The van der Waals surface area contributed by atoms with Crippen LogP contribution in [-0.4, -0.2) is 13.1 Å². The first-order chi connectivity index (χ1) is 7.22. The van der Waals surface area contributed by atoms with Gasteiger partial charge < -0.3 is 5.32 Å². The maximum absolute atomic E-state index is 3.39. The highest BCUT2D eigenvalue weighted by Crippen LogP contribution is 2.17. The largest absolute Gasteiger partial charge is 0.313 e. The highest BCUT2D eigenvalue weighted by Gasteiger charge is 1.94. The molecule has 0 aromatic carbocycles. The van der Waals surface area contributed by atoms with E-state index in [-0.39, 0.29) is 0 Å². The van der Waals surface area contributed by atoms with E-state index in [0.29, 0.717) is 0 Å². The van der Waals surface area contributed by atoms with Gasteiger partial charge in [-0.3, -0.25) is 0 Å². The molecule has 84 valence electrons. The molecule has 0 amide bonds. The lowest BCUT2D eigenvalue weighted by molar-refractivity contribution is 0.577. The zero-order chi connectivity index (χ0) is 11.1. The molecule has 0 aliphatic rings. The topological polar surface area (TPSA) is 12.0 Å². The normalized spacial score (nSPS) is 11.7. The van der Waals surface area contributed by atoms with Crippen LogP contribution in [0.1, 0.15) is 30.5 Å². The molecule has 0 aliphatic heterocycles. The number of aryl methyl sites for hydroxylation is 1. The van der Waals surface area contributed by atoms with Crippen molar-refractivity contribution in [3.8, 4) is 0 Å². The van der Waals surface area contributed by atoms with Gasteiger partial charge in [0, 0.05) is 16.3 Å². The van der Waals surface area contributed by atoms with Crippen LogP contribution in [0.2, 0.25) is 0 Å². The molecule has 0 bridgehead atoms. The summed E-state index contributed by atoms with van der Waals surface area (Å²) in [6.45, 7) is 8.71. The molecule has 0 radical (unpaired) electrons. The summed E-state index contributed by atoms with van der Waals surface area (Å²) in [4.78, 5) is 2.82. The maximum Gasteiger partial charge on any atom is 0.0270 e. The molecule has 0 unspecified atom stereocenters. The molecule has 0 saturated heterocycles. The van der Waals surface area contributed by atoms with Gasteiger partial charge in [0.1, 0.15) is 0 Å². The Morgan fingerprint density at radius 1 is 1.40 bits per heavy atom. The lowest BCUT2D eigenvalue weighted by Crippen LogP contribution is -2.19. The lowest BCUT2D eigenvalue weighted by Gasteiger charge is -2.03. The third-order valence-corrected chi connectivity index (χ3v) is 3.32. The molecular weight excluding hydrogens is 202 g/mol. The Bertz CT molecular complexity index is 299. The van der Waals surface area contributed by atoms with Crippen LogP contribution in [0.25, 0.3) is 6.08 Å². The van der Waals surface area contributed by atoms with E-state index in [1.165, 1.54) is 9.75 Å². The van der Waals surface area contributed by atoms with Gasteiger partial charge in [0.05, 0.1) is 0 Å². The first-order valence-corrected chi connectivity index (χ1v) is 6.50. The number of rotatable bonds is 6. The Morgan fingerprint density at radius 2 is 2.20 bits per heavy atom. The van der Waals surface area contributed by atoms with Gasteiger partial charge in [-0.2, -0.15) is 0 Å². The van der Waals surface area contributed by atoms with Crippen molar-refractivity contribution < 1.29 is 0 Å². The summed E-state index contributed by atoms with van der Waals surface area (Å²) >= 11 is 1.88. The first kappa shape index (κ1) is 12.5. The van der Waals surface area contributed by atoms with Crippen LogP contribution in [0.3, 0.4) is 0 Å². The summed E-state index contributed by atoms with van der Waals surface area (Å²) in [5.74, 6) is 0.729. The van der Waals surface area contributed by atoms with Crippen molar-refractivity contribution in [2.45, 2.75) is 27.2 Å². The fourth-order valence-corrected chi connectivity index (χ4v) is 2.19. The maximum atomic E-state index is 3.39. The minimum Gasteiger partial charge on any atom is -0.313 e. The minimum absolute atomic E-state index is 0.729. The average molecular weight is 223 g/mol. The van der Waals surface area contributed by atoms with E-state index < -0.39 is 0 Å². The van der Waals surface area contributed by atoms with Crippen LogP contribution in [0.15, 0.2) is 18.2 Å². The second-order valence-electron chi connectivity index (χ2n) is 4.11. The molecule has 15 heavy (non-hydrogen) atoms. The molecule has 1 aromatic heterocycles. The number of hydrogen-bond donors (Lipinski definition) is 1. The molecule has 1 heterocycles. The highest BCUT2D eigenvalue weighted by molar-refractivity contribution is 7.12. The Morgan fingerprint density at radius 3 is 2.80 bits per heavy atom. The van der Waals surface area contributed by atoms with E-state index in [1.807, 2.05) is 11.3 Å². The van der Waals surface area contributed by atoms with Gasteiger partial charge in [0.2, 0.25) is 0 Å². The molecule has 1 nitrogen and oxygen atoms in total. The van der Waals surface area contributed by atoms with E-state index in [9.17, 15) is 0 Å².